The van der Waals surface area contributed by atoms with E-state index in [-0.39, 0.29) is 59.9 Å². The summed E-state index contributed by atoms with van der Waals surface area (Å²) in [5.74, 6) is 2.27. The average Bonchev–Trinajstić information content (AvgIpc) is 3.60. The zero-order chi connectivity index (χ0) is 52.3. The molecule has 0 unspecified atom stereocenters. The number of hydrogen-bond acceptors (Lipinski definition) is 12. The maximum Gasteiger partial charge on any atom is 0.418 e. The predicted molar refractivity (Wildman–Crippen MR) is 280 cm³/mol. The van der Waals surface area contributed by atoms with Gasteiger partial charge in [-0.2, -0.15) is 18.2 Å². The van der Waals surface area contributed by atoms with Crippen molar-refractivity contribution in [1.29, 1.82) is 0 Å². The van der Waals surface area contributed by atoms with E-state index in [2.05, 4.69) is 4.98 Å². The molecule has 12 nitrogen and oxygen atoms in total. The Bertz CT molecular complexity index is 3230. The van der Waals surface area contributed by atoms with Crippen LogP contribution in [0.15, 0.2) is 121 Å². The second-order valence-electron chi connectivity index (χ2n) is 17.7. The fraction of sp³-hybridized carbons (Fsp3) is 0.250. The van der Waals surface area contributed by atoms with Crippen molar-refractivity contribution in [2.45, 2.75) is 45.2 Å². The monoisotopic (exact) mass is 1050 g/mol. The van der Waals surface area contributed by atoms with Crippen LogP contribution in [-0.4, -0.2) is 68.6 Å². The molecular weight excluding hydrogens is 998 g/mol. The molecule has 1 aliphatic rings. The molecule has 0 bridgehead atoms. The van der Waals surface area contributed by atoms with Gasteiger partial charge in [0.25, 0.3) is 0 Å². The summed E-state index contributed by atoms with van der Waals surface area (Å²) >= 11 is 14.1. The summed E-state index contributed by atoms with van der Waals surface area (Å²) in [7, 11) is 8.26. The molecule has 3 aromatic heterocycles. The Morgan fingerprint density at radius 2 is 1.24 bits per heavy atom. The van der Waals surface area contributed by atoms with Gasteiger partial charge in [0.15, 0.2) is 11.6 Å². The van der Waals surface area contributed by atoms with E-state index in [1.165, 1.54) is 13.0 Å². The molecule has 0 saturated heterocycles. The average molecular weight is 1050 g/mol. The number of aryl methyl sites for hydroxylation is 1. The normalized spacial score (nSPS) is 12.7. The van der Waals surface area contributed by atoms with Crippen molar-refractivity contribution < 1.29 is 41.2 Å². The highest BCUT2D eigenvalue weighted by Crippen LogP contribution is 2.51. The molecule has 4 heterocycles. The summed E-state index contributed by atoms with van der Waals surface area (Å²) in [6, 6.07) is 34.5. The molecule has 9 rings (SSSR count). The number of aromatic nitrogens is 4. The Morgan fingerprint density at radius 1 is 0.716 bits per heavy atom. The molecular formula is C56H51Cl2F4N7O5. The van der Waals surface area contributed by atoms with Gasteiger partial charge in [-0.15, -0.1) is 0 Å². The second-order valence-corrected chi connectivity index (χ2v) is 18.4. The number of nitrogens with zero attached hydrogens (tertiary/aromatic N) is 7. The lowest BCUT2D eigenvalue weighted by molar-refractivity contribution is -0.137. The molecule has 18 heteroatoms. The molecule has 0 radical (unpaired) electrons. The van der Waals surface area contributed by atoms with E-state index in [1.54, 1.807) is 63.8 Å². The quantitative estimate of drug-likeness (QED) is 0.0640. The minimum absolute atomic E-state index is 0.0250. The number of anilines is 3. The van der Waals surface area contributed by atoms with E-state index in [1.807, 2.05) is 102 Å². The van der Waals surface area contributed by atoms with E-state index in [0.29, 0.717) is 36.0 Å². The predicted octanol–water partition coefficient (Wildman–Crippen LogP) is 12.9. The summed E-state index contributed by atoms with van der Waals surface area (Å²) in [5.41, 5.74) is 1.12. The number of pyridine rings is 2. The topological polar surface area (TPSA) is 107 Å². The highest BCUT2D eigenvalue weighted by Gasteiger charge is 2.41. The summed E-state index contributed by atoms with van der Waals surface area (Å²) < 4.78 is 92.7. The third-order valence-electron chi connectivity index (χ3n) is 13.0. The molecule has 8 aromatic rings. The van der Waals surface area contributed by atoms with Gasteiger partial charge < -0.3 is 38.4 Å². The summed E-state index contributed by atoms with van der Waals surface area (Å²) in [5, 5.41) is -0.775. The van der Waals surface area contributed by atoms with E-state index >= 15 is 17.6 Å². The minimum Gasteiger partial charge on any atom is -0.497 e. The van der Waals surface area contributed by atoms with Crippen LogP contribution in [0.4, 0.5) is 35.0 Å². The summed E-state index contributed by atoms with van der Waals surface area (Å²) in [4.78, 5) is 24.4. The van der Waals surface area contributed by atoms with Crippen LogP contribution in [0.25, 0.3) is 22.2 Å². The molecule has 382 valence electrons. The number of benzene rings is 5. The Kier molecular flexibility index (Phi) is 15.2. The standard InChI is InChI=1S/C56H51Cl2F4N7O5/c1-33-28-44(68(31-36-13-21-40(72-5)22-14-36)32-37-15-23-41(73-6)24-16-37)64-50(47(33)56(60,61)62)45-48(57)52-46-51(49(45)59)65-55(58)66-54(46)69(26-27-74-52)43(29-34-9-17-38(70-3)18-10-34)42-8-7-25-63-53(42)67(2)30-35-11-19-39(71-4)20-12-35/h7-25,28,43H,26-27,29-32H2,1-6H3/t43-/m1/s1. The van der Waals surface area contributed by atoms with Crippen LogP contribution in [0.5, 0.6) is 28.7 Å². The summed E-state index contributed by atoms with van der Waals surface area (Å²) in [6.45, 7) is 2.29. The highest BCUT2D eigenvalue weighted by molar-refractivity contribution is 6.37. The number of hydrogen-bond donors (Lipinski definition) is 0. The van der Waals surface area contributed by atoms with Gasteiger partial charge in [-0.05, 0) is 113 Å². The molecule has 1 aliphatic heterocycles. The molecule has 0 spiro atoms. The van der Waals surface area contributed by atoms with Gasteiger partial charge in [0, 0.05) is 38.4 Å². The number of methoxy groups -OCH3 is 4. The maximum absolute atomic E-state index is 18.0. The van der Waals surface area contributed by atoms with Crippen molar-refractivity contribution in [1.82, 2.24) is 19.9 Å². The third kappa shape index (κ3) is 10.7. The smallest absolute Gasteiger partial charge is 0.418 e. The first-order valence-corrected chi connectivity index (χ1v) is 24.2. The second kappa shape index (κ2) is 21.9. The maximum atomic E-state index is 18.0. The Labute approximate surface area is 436 Å². The molecule has 0 saturated carbocycles. The van der Waals surface area contributed by atoms with Crippen molar-refractivity contribution >= 4 is 51.6 Å². The zero-order valence-electron chi connectivity index (χ0n) is 41.3. The van der Waals surface area contributed by atoms with Gasteiger partial charge in [-0.25, -0.2) is 19.3 Å². The van der Waals surface area contributed by atoms with Gasteiger partial charge >= 0.3 is 6.18 Å². The van der Waals surface area contributed by atoms with Crippen LogP contribution in [0, 0.1) is 12.7 Å². The Balaban J connectivity index is 1.21. The van der Waals surface area contributed by atoms with Crippen molar-refractivity contribution in [3.05, 3.63) is 177 Å². The van der Waals surface area contributed by atoms with Crippen LogP contribution in [0.3, 0.4) is 0 Å². The number of halogens is 6. The number of alkyl halides is 3. The van der Waals surface area contributed by atoms with E-state index in [0.717, 1.165) is 33.6 Å². The lowest BCUT2D eigenvalue weighted by Gasteiger charge is -2.35. The lowest BCUT2D eigenvalue weighted by Crippen LogP contribution is -2.35. The Hall–Kier alpha value is -7.56. The molecule has 0 fully saturated rings. The molecule has 5 aromatic carbocycles. The largest absolute Gasteiger partial charge is 0.497 e. The van der Waals surface area contributed by atoms with Gasteiger partial charge in [-0.1, -0.05) is 66.2 Å². The molecule has 1 atom stereocenters. The van der Waals surface area contributed by atoms with Crippen molar-refractivity contribution in [3.63, 3.8) is 0 Å². The van der Waals surface area contributed by atoms with Crippen molar-refractivity contribution in [2.24, 2.45) is 0 Å². The number of ether oxygens (including phenoxy) is 5. The highest BCUT2D eigenvalue weighted by atomic mass is 35.5. The van der Waals surface area contributed by atoms with Crippen molar-refractivity contribution in [2.75, 3.05) is 63.3 Å². The van der Waals surface area contributed by atoms with Gasteiger partial charge in [0.2, 0.25) is 5.28 Å². The molecule has 0 amide bonds. The van der Waals surface area contributed by atoms with E-state index in [9.17, 15) is 0 Å². The van der Waals surface area contributed by atoms with Gasteiger partial charge in [0.05, 0.1) is 68.3 Å². The number of rotatable bonds is 17. The van der Waals surface area contributed by atoms with Gasteiger partial charge in [-0.3, -0.25) is 0 Å². The van der Waals surface area contributed by atoms with Crippen LogP contribution in [0.1, 0.15) is 45.0 Å². The third-order valence-corrected chi connectivity index (χ3v) is 13.5. The van der Waals surface area contributed by atoms with Gasteiger partial charge in [0.1, 0.15) is 52.6 Å². The SMILES string of the molecule is COc1ccc(C[C@H](c2cccnc2N(C)Cc2ccc(OC)cc2)N2CCOc3c(Cl)c(-c4nc(N(Cc5ccc(OC)cc5)Cc5ccc(OC)cc5)cc(C)c4C(F)(F)F)c(F)c4nc(Cl)nc2c34)cc1. The first kappa shape index (κ1) is 51.3. The van der Waals surface area contributed by atoms with E-state index in [4.69, 9.17) is 61.8 Å². The van der Waals surface area contributed by atoms with Crippen LogP contribution in [0.2, 0.25) is 10.3 Å². The first-order valence-electron chi connectivity index (χ1n) is 23.5. The first-order chi connectivity index (χ1) is 35.7. The van der Waals surface area contributed by atoms with Crippen molar-refractivity contribution in [3.8, 4) is 40.0 Å². The molecule has 0 N–H and O–H groups in total. The molecule has 74 heavy (non-hydrogen) atoms. The zero-order valence-corrected chi connectivity index (χ0v) is 42.8. The van der Waals surface area contributed by atoms with Crippen LogP contribution in [-0.2, 0) is 32.2 Å². The van der Waals surface area contributed by atoms with Crippen LogP contribution >= 0.6 is 23.2 Å². The molecule has 0 aliphatic carbocycles. The Morgan fingerprint density at radius 3 is 1.77 bits per heavy atom. The van der Waals surface area contributed by atoms with E-state index < -0.39 is 45.4 Å². The minimum atomic E-state index is -5.01. The van der Waals surface area contributed by atoms with Crippen LogP contribution < -0.4 is 38.4 Å². The lowest BCUT2D eigenvalue weighted by atomic mass is 9.96. The fourth-order valence-electron chi connectivity index (χ4n) is 9.35. The fourth-order valence-corrected chi connectivity index (χ4v) is 9.84. The summed E-state index contributed by atoms with van der Waals surface area (Å²) in [6.07, 6.45) is -2.92.